The molecule has 1 aromatic rings. The highest BCUT2D eigenvalue weighted by Crippen LogP contribution is 2.18. The number of carbonyl (C=O) groups excluding carboxylic acids is 1. The fourth-order valence-electron chi connectivity index (χ4n) is 2.34. The van der Waals surface area contributed by atoms with Gasteiger partial charge >= 0.3 is 0 Å². The average Bonchev–Trinajstić information content (AvgIpc) is 2.40. The highest BCUT2D eigenvalue weighted by Gasteiger charge is 2.14. The number of halogens is 1. The fourth-order valence-corrected chi connectivity index (χ4v) is 2.57. The zero-order valence-electron chi connectivity index (χ0n) is 10.5. The summed E-state index contributed by atoms with van der Waals surface area (Å²) in [5.41, 5.74) is 0.869. The van der Waals surface area contributed by atoms with E-state index in [9.17, 15) is 4.79 Å². The summed E-state index contributed by atoms with van der Waals surface area (Å²) in [6, 6.07) is 3.84. The molecule has 4 heteroatoms. The first-order valence-electron chi connectivity index (χ1n) is 6.57. The summed E-state index contributed by atoms with van der Waals surface area (Å²) in [5.74, 6) is 1.04. The van der Waals surface area contributed by atoms with E-state index in [1.807, 2.05) is 12.1 Å². The third-order valence-corrected chi connectivity index (χ3v) is 3.93. The normalized spacial score (nSPS) is 16.7. The SMILES string of the molecule is O=C(CCC1CCNCC1)Cc1ccc(Br)cn1. The molecular formula is C14H19BrN2O. The summed E-state index contributed by atoms with van der Waals surface area (Å²) in [7, 11) is 0. The summed E-state index contributed by atoms with van der Waals surface area (Å²) >= 11 is 3.34. The van der Waals surface area contributed by atoms with E-state index < -0.39 is 0 Å². The molecule has 1 aromatic heterocycles. The van der Waals surface area contributed by atoms with Gasteiger partial charge in [0.1, 0.15) is 5.78 Å². The van der Waals surface area contributed by atoms with E-state index >= 15 is 0 Å². The van der Waals surface area contributed by atoms with E-state index in [2.05, 4.69) is 26.2 Å². The Morgan fingerprint density at radius 3 is 2.83 bits per heavy atom. The van der Waals surface area contributed by atoms with Crippen molar-refractivity contribution in [3.63, 3.8) is 0 Å². The zero-order valence-corrected chi connectivity index (χ0v) is 12.1. The van der Waals surface area contributed by atoms with E-state index in [0.717, 1.165) is 35.6 Å². The maximum Gasteiger partial charge on any atom is 0.138 e. The summed E-state index contributed by atoms with van der Waals surface area (Å²) in [5, 5.41) is 3.35. The van der Waals surface area contributed by atoms with Crippen molar-refractivity contribution in [1.29, 1.82) is 0 Å². The van der Waals surface area contributed by atoms with Crippen molar-refractivity contribution in [2.75, 3.05) is 13.1 Å². The minimum absolute atomic E-state index is 0.309. The smallest absolute Gasteiger partial charge is 0.138 e. The molecule has 1 aliphatic heterocycles. The molecule has 0 spiro atoms. The summed E-state index contributed by atoms with van der Waals surface area (Å²) < 4.78 is 0.952. The Morgan fingerprint density at radius 1 is 1.39 bits per heavy atom. The molecule has 0 saturated carbocycles. The fraction of sp³-hybridized carbons (Fsp3) is 0.571. The van der Waals surface area contributed by atoms with E-state index in [1.54, 1.807) is 6.20 Å². The number of Topliss-reactive ketones (excluding diaryl/α,β-unsaturated/α-hetero) is 1. The number of piperidine rings is 1. The second kappa shape index (κ2) is 7.00. The standard InChI is InChI=1S/C14H19BrN2O/c15-12-2-3-13(17-10-12)9-14(18)4-1-11-5-7-16-8-6-11/h2-3,10-11,16H,1,4-9H2. The monoisotopic (exact) mass is 310 g/mol. The highest BCUT2D eigenvalue weighted by atomic mass is 79.9. The van der Waals surface area contributed by atoms with E-state index in [1.165, 1.54) is 12.8 Å². The van der Waals surface area contributed by atoms with Crippen LogP contribution in [0, 0.1) is 5.92 Å². The molecule has 0 amide bonds. The summed E-state index contributed by atoms with van der Waals surface area (Å²) in [4.78, 5) is 16.1. The Kier molecular flexibility index (Phi) is 5.32. The van der Waals surface area contributed by atoms with Gasteiger partial charge < -0.3 is 5.32 Å². The molecule has 2 heterocycles. The largest absolute Gasteiger partial charge is 0.317 e. The Balaban J connectivity index is 1.73. The molecule has 0 atom stereocenters. The second-order valence-corrected chi connectivity index (χ2v) is 5.83. The average molecular weight is 311 g/mol. The number of carbonyl (C=O) groups is 1. The molecular weight excluding hydrogens is 292 g/mol. The van der Waals surface area contributed by atoms with Gasteiger partial charge in [0.15, 0.2) is 0 Å². The lowest BCUT2D eigenvalue weighted by Gasteiger charge is -2.22. The summed E-state index contributed by atoms with van der Waals surface area (Å²) in [6.45, 7) is 2.21. The number of hydrogen-bond donors (Lipinski definition) is 1. The van der Waals surface area contributed by atoms with Crippen LogP contribution in [0.25, 0.3) is 0 Å². The van der Waals surface area contributed by atoms with Gasteiger partial charge in [0, 0.05) is 29.2 Å². The number of aromatic nitrogens is 1. The van der Waals surface area contributed by atoms with Gasteiger partial charge in [-0.3, -0.25) is 9.78 Å². The molecule has 1 aliphatic rings. The topological polar surface area (TPSA) is 42.0 Å². The van der Waals surface area contributed by atoms with Crippen LogP contribution in [-0.2, 0) is 11.2 Å². The number of rotatable bonds is 5. The maximum absolute atomic E-state index is 11.9. The lowest BCUT2D eigenvalue weighted by atomic mass is 9.92. The van der Waals surface area contributed by atoms with Crippen LogP contribution in [-0.4, -0.2) is 23.9 Å². The molecule has 0 aliphatic carbocycles. The molecule has 3 nitrogen and oxygen atoms in total. The predicted molar refractivity (Wildman–Crippen MR) is 75.5 cm³/mol. The Hall–Kier alpha value is -0.740. The molecule has 0 unspecified atom stereocenters. The van der Waals surface area contributed by atoms with Crippen molar-refractivity contribution in [2.45, 2.75) is 32.1 Å². The zero-order chi connectivity index (χ0) is 12.8. The van der Waals surface area contributed by atoms with Crippen LogP contribution < -0.4 is 5.32 Å². The third kappa shape index (κ3) is 4.50. The van der Waals surface area contributed by atoms with Crippen molar-refractivity contribution in [3.8, 4) is 0 Å². The van der Waals surface area contributed by atoms with E-state index in [4.69, 9.17) is 0 Å². The number of hydrogen-bond acceptors (Lipinski definition) is 3. The van der Waals surface area contributed by atoms with E-state index in [0.29, 0.717) is 18.6 Å². The van der Waals surface area contributed by atoms with Gasteiger partial charge in [-0.2, -0.15) is 0 Å². The van der Waals surface area contributed by atoms with Crippen LogP contribution in [0.15, 0.2) is 22.8 Å². The molecule has 98 valence electrons. The van der Waals surface area contributed by atoms with Gasteiger partial charge in [-0.15, -0.1) is 0 Å². The van der Waals surface area contributed by atoms with Crippen LogP contribution in [0.3, 0.4) is 0 Å². The van der Waals surface area contributed by atoms with Gasteiger partial charge in [0.2, 0.25) is 0 Å². The molecule has 0 aromatic carbocycles. The highest BCUT2D eigenvalue weighted by molar-refractivity contribution is 9.10. The van der Waals surface area contributed by atoms with Gasteiger partial charge in [-0.25, -0.2) is 0 Å². The lowest BCUT2D eigenvalue weighted by Crippen LogP contribution is -2.28. The first-order chi connectivity index (χ1) is 8.74. The lowest BCUT2D eigenvalue weighted by molar-refractivity contribution is -0.118. The first-order valence-corrected chi connectivity index (χ1v) is 7.36. The van der Waals surface area contributed by atoms with Crippen LogP contribution in [0.4, 0.5) is 0 Å². The molecule has 0 radical (unpaired) electrons. The Bertz CT molecular complexity index is 385. The van der Waals surface area contributed by atoms with Crippen LogP contribution in [0.5, 0.6) is 0 Å². The van der Waals surface area contributed by atoms with Gasteiger partial charge in [0.25, 0.3) is 0 Å². The molecule has 1 saturated heterocycles. The third-order valence-electron chi connectivity index (χ3n) is 3.46. The van der Waals surface area contributed by atoms with Gasteiger partial charge in [-0.1, -0.05) is 0 Å². The van der Waals surface area contributed by atoms with E-state index in [-0.39, 0.29) is 0 Å². The molecule has 1 fully saturated rings. The Morgan fingerprint density at radius 2 is 2.17 bits per heavy atom. The second-order valence-electron chi connectivity index (χ2n) is 4.92. The van der Waals surface area contributed by atoms with Crippen molar-refractivity contribution >= 4 is 21.7 Å². The molecule has 2 rings (SSSR count). The number of nitrogens with one attached hydrogen (secondary N) is 1. The van der Waals surface area contributed by atoms with Crippen LogP contribution in [0.1, 0.15) is 31.4 Å². The van der Waals surface area contributed by atoms with Crippen LogP contribution in [0.2, 0.25) is 0 Å². The number of pyridine rings is 1. The number of ketones is 1. The van der Waals surface area contributed by atoms with Crippen molar-refractivity contribution in [3.05, 3.63) is 28.5 Å². The minimum atomic E-state index is 0.309. The Labute approximate surface area is 117 Å². The molecule has 0 bridgehead atoms. The van der Waals surface area contributed by atoms with Gasteiger partial charge in [0.05, 0.1) is 0 Å². The summed E-state index contributed by atoms with van der Waals surface area (Å²) in [6.07, 6.45) is 6.38. The van der Waals surface area contributed by atoms with Crippen molar-refractivity contribution < 1.29 is 4.79 Å². The minimum Gasteiger partial charge on any atom is -0.317 e. The molecule has 18 heavy (non-hydrogen) atoms. The van der Waals surface area contributed by atoms with Crippen LogP contribution >= 0.6 is 15.9 Å². The quantitative estimate of drug-likeness (QED) is 0.909. The van der Waals surface area contributed by atoms with Crippen molar-refractivity contribution in [1.82, 2.24) is 10.3 Å². The molecule has 1 N–H and O–H groups in total. The van der Waals surface area contributed by atoms with Gasteiger partial charge in [-0.05, 0) is 66.3 Å². The first kappa shape index (κ1) is 13.7. The maximum atomic E-state index is 11.9. The predicted octanol–water partition coefficient (Wildman–Crippen LogP) is 2.74. The van der Waals surface area contributed by atoms with Crippen molar-refractivity contribution in [2.24, 2.45) is 5.92 Å². The number of nitrogens with zero attached hydrogens (tertiary/aromatic N) is 1.